The van der Waals surface area contributed by atoms with Gasteiger partial charge in [-0.25, -0.2) is 18.4 Å². The van der Waals surface area contributed by atoms with Gasteiger partial charge in [0.1, 0.15) is 11.4 Å². The molecule has 1 N–H and O–H groups in total. The number of benzene rings is 3. The Kier molecular flexibility index (Phi) is 9.93. The minimum Gasteiger partial charge on any atom is -0.494 e. The summed E-state index contributed by atoms with van der Waals surface area (Å²) in [5.41, 5.74) is -2.72. The lowest BCUT2D eigenvalue weighted by Gasteiger charge is -2.44. The van der Waals surface area contributed by atoms with Crippen LogP contribution < -0.4 is 10.1 Å². The van der Waals surface area contributed by atoms with Gasteiger partial charge in [0, 0.05) is 17.2 Å². The predicted molar refractivity (Wildman–Crippen MR) is 158 cm³/mol. The third-order valence-corrected chi connectivity index (χ3v) is 7.54. The monoisotopic (exact) mass is 647 g/mol. The topological polar surface area (TPSA) is 88.2 Å². The van der Waals surface area contributed by atoms with Crippen molar-refractivity contribution in [3.63, 3.8) is 0 Å². The molecule has 0 aliphatic carbocycles. The van der Waals surface area contributed by atoms with Crippen molar-refractivity contribution >= 4 is 18.0 Å². The summed E-state index contributed by atoms with van der Waals surface area (Å²) >= 11 is 0. The second kappa shape index (κ2) is 13.4. The molecule has 3 atom stereocenters. The van der Waals surface area contributed by atoms with E-state index in [0.717, 1.165) is 21.9 Å². The average molecular weight is 648 g/mol. The minimum absolute atomic E-state index is 0.180. The molecule has 2 unspecified atom stereocenters. The summed E-state index contributed by atoms with van der Waals surface area (Å²) in [6.07, 6.45) is -5.82. The van der Waals surface area contributed by atoms with Crippen LogP contribution in [0.1, 0.15) is 61.9 Å². The van der Waals surface area contributed by atoms with Crippen LogP contribution in [0, 0.1) is 11.6 Å². The van der Waals surface area contributed by atoms with E-state index in [1.807, 2.05) is 0 Å². The maximum atomic E-state index is 15.6. The summed E-state index contributed by atoms with van der Waals surface area (Å²) < 4.78 is 82.9. The number of rotatable bonds is 8. The van der Waals surface area contributed by atoms with Gasteiger partial charge in [-0.1, -0.05) is 48.5 Å². The standard InChI is InChI=1S/C33H34F5N3O5/c1-19-27(21-13-9-16-26(45-5)28(21)35)29(42)41(18-25(20-11-7-6-8-12-20)39-30(43)46-32(2,3)4)31(44)40(19)17-22-23(33(36,37)38)14-10-15-24(22)34/h6-16,19,25,27H,17-18H2,1-5H3,(H,39,43)/t19?,25-,27?/m0/s1. The van der Waals surface area contributed by atoms with Gasteiger partial charge in [-0.15, -0.1) is 0 Å². The van der Waals surface area contributed by atoms with Crippen LogP contribution in [0.2, 0.25) is 0 Å². The van der Waals surface area contributed by atoms with Crippen molar-refractivity contribution in [3.05, 3.63) is 101 Å². The van der Waals surface area contributed by atoms with Crippen molar-refractivity contribution in [2.24, 2.45) is 0 Å². The largest absolute Gasteiger partial charge is 0.494 e. The first-order valence-corrected chi connectivity index (χ1v) is 14.4. The average Bonchev–Trinajstić information content (AvgIpc) is 2.97. The zero-order valence-corrected chi connectivity index (χ0v) is 25.8. The number of hydrogen-bond acceptors (Lipinski definition) is 5. The Labute approximate surface area is 263 Å². The van der Waals surface area contributed by atoms with Crippen LogP contribution in [-0.2, 0) is 22.3 Å². The normalized spacial score (nSPS) is 18.0. The van der Waals surface area contributed by atoms with Gasteiger partial charge in [-0.05, 0) is 51.5 Å². The molecule has 0 spiro atoms. The number of ether oxygens (including phenoxy) is 2. The molecule has 3 aromatic rings. The Bertz CT molecular complexity index is 1590. The predicted octanol–water partition coefficient (Wildman–Crippen LogP) is 7.19. The van der Waals surface area contributed by atoms with E-state index in [0.29, 0.717) is 11.6 Å². The van der Waals surface area contributed by atoms with E-state index < -0.39 is 83.7 Å². The highest BCUT2D eigenvalue weighted by Crippen LogP contribution is 2.39. The van der Waals surface area contributed by atoms with Gasteiger partial charge in [-0.2, -0.15) is 13.2 Å². The van der Waals surface area contributed by atoms with Crippen molar-refractivity contribution in [1.82, 2.24) is 15.1 Å². The van der Waals surface area contributed by atoms with Crippen LogP contribution in [-0.4, -0.2) is 53.1 Å². The van der Waals surface area contributed by atoms with E-state index in [1.54, 1.807) is 51.1 Å². The molecule has 1 heterocycles. The lowest BCUT2D eigenvalue weighted by molar-refractivity contribution is -0.140. The second-order valence-electron chi connectivity index (χ2n) is 11.8. The van der Waals surface area contributed by atoms with Crippen LogP contribution in [0.5, 0.6) is 5.75 Å². The Morgan fingerprint density at radius 1 is 0.957 bits per heavy atom. The summed E-state index contributed by atoms with van der Waals surface area (Å²) in [6, 6.07) is 11.5. The molecule has 0 aromatic heterocycles. The molecule has 4 amide bonds. The highest BCUT2D eigenvalue weighted by Gasteiger charge is 2.48. The molecule has 1 saturated heterocycles. The number of amides is 4. The maximum Gasteiger partial charge on any atom is 0.416 e. The summed E-state index contributed by atoms with van der Waals surface area (Å²) in [5, 5.41) is 2.65. The van der Waals surface area contributed by atoms with E-state index in [9.17, 15) is 27.6 Å². The molecule has 3 aromatic carbocycles. The van der Waals surface area contributed by atoms with Gasteiger partial charge < -0.3 is 19.7 Å². The van der Waals surface area contributed by atoms with Crippen LogP contribution >= 0.6 is 0 Å². The molecule has 1 aliphatic heterocycles. The molecular weight excluding hydrogens is 613 g/mol. The number of carbonyl (C=O) groups excluding carboxylic acids is 3. The van der Waals surface area contributed by atoms with E-state index >= 15 is 8.78 Å². The SMILES string of the molecule is COc1cccc(C2C(=O)N(C[C@H](NC(=O)OC(C)(C)C)c3ccccc3)C(=O)N(Cc3c(F)cccc3C(F)(F)F)C2C)c1F. The van der Waals surface area contributed by atoms with Gasteiger partial charge >= 0.3 is 18.3 Å². The number of urea groups is 1. The molecule has 0 bridgehead atoms. The smallest absolute Gasteiger partial charge is 0.416 e. The van der Waals surface area contributed by atoms with Gasteiger partial charge in [0.2, 0.25) is 5.91 Å². The maximum absolute atomic E-state index is 15.6. The molecule has 4 rings (SSSR count). The third-order valence-electron chi connectivity index (χ3n) is 7.54. The molecule has 1 aliphatic rings. The first kappa shape index (κ1) is 34.2. The first-order valence-electron chi connectivity index (χ1n) is 14.4. The summed E-state index contributed by atoms with van der Waals surface area (Å²) in [5.74, 6) is -4.63. The van der Waals surface area contributed by atoms with Crippen LogP contribution in [0.3, 0.4) is 0 Å². The molecular formula is C33H34F5N3O5. The number of halogens is 5. The number of hydrogen-bond donors (Lipinski definition) is 1. The minimum atomic E-state index is -4.96. The first-order chi connectivity index (χ1) is 21.5. The van der Waals surface area contributed by atoms with E-state index in [2.05, 4.69) is 5.32 Å². The van der Waals surface area contributed by atoms with Gasteiger partial charge in [0.25, 0.3) is 0 Å². The van der Waals surface area contributed by atoms with Crippen LogP contribution in [0.4, 0.5) is 31.5 Å². The number of alkyl carbamates (subject to hydrolysis) is 1. The lowest BCUT2D eigenvalue weighted by atomic mass is 9.86. The fraction of sp³-hybridized carbons (Fsp3) is 0.364. The van der Waals surface area contributed by atoms with Crippen molar-refractivity contribution < 1.29 is 45.8 Å². The van der Waals surface area contributed by atoms with E-state index in [4.69, 9.17) is 9.47 Å². The number of nitrogens with zero attached hydrogens (tertiary/aromatic N) is 2. The number of nitrogens with one attached hydrogen (secondary N) is 1. The molecule has 46 heavy (non-hydrogen) atoms. The Balaban J connectivity index is 1.83. The van der Waals surface area contributed by atoms with Gasteiger partial charge in [0.15, 0.2) is 11.6 Å². The number of methoxy groups -OCH3 is 1. The fourth-order valence-electron chi connectivity index (χ4n) is 5.38. The highest BCUT2D eigenvalue weighted by molar-refractivity contribution is 6.01. The van der Waals surface area contributed by atoms with Crippen molar-refractivity contribution in [3.8, 4) is 5.75 Å². The summed E-state index contributed by atoms with van der Waals surface area (Å²) in [6.45, 7) is 4.92. The van der Waals surface area contributed by atoms with Crippen molar-refractivity contribution in [2.45, 2.75) is 64.0 Å². The third kappa shape index (κ3) is 7.40. The number of imide groups is 1. The Hall–Kier alpha value is -4.68. The molecule has 246 valence electrons. The fourth-order valence-corrected chi connectivity index (χ4v) is 5.38. The molecule has 1 fully saturated rings. The van der Waals surface area contributed by atoms with Crippen molar-refractivity contribution in [1.29, 1.82) is 0 Å². The molecule has 0 saturated carbocycles. The zero-order valence-electron chi connectivity index (χ0n) is 25.8. The molecule has 13 heteroatoms. The quantitative estimate of drug-likeness (QED) is 0.262. The summed E-state index contributed by atoms with van der Waals surface area (Å²) in [4.78, 5) is 42.7. The number of alkyl halides is 3. The Morgan fingerprint density at radius 3 is 2.22 bits per heavy atom. The van der Waals surface area contributed by atoms with Gasteiger partial charge in [-0.3, -0.25) is 9.69 Å². The van der Waals surface area contributed by atoms with E-state index in [1.165, 1.54) is 32.2 Å². The second-order valence-corrected chi connectivity index (χ2v) is 11.8. The van der Waals surface area contributed by atoms with E-state index in [-0.39, 0.29) is 11.3 Å². The highest BCUT2D eigenvalue weighted by atomic mass is 19.4. The van der Waals surface area contributed by atoms with Crippen LogP contribution in [0.25, 0.3) is 0 Å². The molecule has 8 nitrogen and oxygen atoms in total. The van der Waals surface area contributed by atoms with Crippen molar-refractivity contribution in [2.75, 3.05) is 13.7 Å². The van der Waals surface area contributed by atoms with Gasteiger partial charge in [0.05, 0.1) is 37.7 Å². The Morgan fingerprint density at radius 2 is 1.61 bits per heavy atom. The number of carbonyl (C=O) groups is 3. The van der Waals surface area contributed by atoms with Crippen LogP contribution in [0.15, 0.2) is 66.7 Å². The molecule has 0 radical (unpaired) electrons. The lowest BCUT2D eigenvalue weighted by Crippen LogP contribution is -2.61. The summed E-state index contributed by atoms with van der Waals surface area (Å²) in [7, 11) is 1.22. The zero-order chi connectivity index (χ0) is 34.0.